The lowest BCUT2D eigenvalue weighted by atomic mass is 9.84. The second-order valence-electron chi connectivity index (χ2n) is 9.37. The van der Waals surface area contributed by atoms with E-state index in [0.717, 1.165) is 11.5 Å². The first kappa shape index (κ1) is 20.0. The van der Waals surface area contributed by atoms with Crippen molar-refractivity contribution in [3.8, 4) is 0 Å². The molecule has 31 heavy (non-hydrogen) atoms. The van der Waals surface area contributed by atoms with E-state index >= 15 is 0 Å². The molecule has 2 aromatic rings. The normalized spacial score (nSPS) is 26.1. The van der Waals surface area contributed by atoms with Gasteiger partial charge in [0, 0.05) is 12.5 Å². The van der Waals surface area contributed by atoms with Crippen molar-refractivity contribution in [3.05, 3.63) is 71.3 Å². The van der Waals surface area contributed by atoms with E-state index in [0.29, 0.717) is 29.4 Å². The Morgan fingerprint density at radius 3 is 2.19 bits per heavy atom. The average Bonchev–Trinajstić information content (AvgIpc) is 3.48. The minimum absolute atomic E-state index is 0.0382. The second kappa shape index (κ2) is 7.95. The van der Waals surface area contributed by atoms with Crippen LogP contribution < -0.4 is 5.32 Å². The molecule has 1 aliphatic heterocycles. The van der Waals surface area contributed by atoms with E-state index in [-0.39, 0.29) is 23.8 Å². The van der Waals surface area contributed by atoms with Crippen LogP contribution in [0.1, 0.15) is 58.9 Å². The standard InChI is InChI=1S/C26H28N2O3/c1-16(22-14-18-11-12-19(22)13-18)27-24(29)23(15-17-7-3-2-4-8-17)28-25(30)20-9-5-6-10-21(20)26(28)31/h2-10,16,18-19,22-23H,11-15H2,1H3,(H,27,29)/t16-,18-,19-,22+,23+/m0/s1. The Balaban J connectivity index is 1.40. The van der Waals surface area contributed by atoms with Crippen LogP contribution in [0.5, 0.6) is 0 Å². The zero-order valence-electron chi connectivity index (χ0n) is 17.8. The van der Waals surface area contributed by atoms with Crippen molar-refractivity contribution in [2.75, 3.05) is 0 Å². The van der Waals surface area contributed by atoms with Crippen molar-refractivity contribution in [1.82, 2.24) is 10.2 Å². The van der Waals surface area contributed by atoms with Gasteiger partial charge in [0.05, 0.1) is 11.1 Å². The van der Waals surface area contributed by atoms with Crippen LogP contribution >= 0.6 is 0 Å². The molecule has 5 atom stereocenters. The van der Waals surface area contributed by atoms with Gasteiger partial charge in [-0.2, -0.15) is 0 Å². The number of nitrogens with one attached hydrogen (secondary N) is 1. The molecule has 0 radical (unpaired) electrons. The predicted molar refractivity (Wildman–Crippen MR) is 117 cm³/mol. The largest absolute Gasteiger partial charge is 0.352 e. The molecule has 3 aliphatic rings. The quantitative estimate of drug-likeness (QED) is 0.728. The Kier molecular flexibility index (Phi) is 5.12. The van der Waals surface area contributed by atoms with E-state index in [4.69, 9.17) is 0 Å². The summed E-state index contributed by atoms with van der Waals surface area (Å²) in [5, 5.41) is 3.19. The molecule has 3 amide bonds. The second-order valence-corrected chi connectivity index (χ2v) is 9.37. The number of carbonyl (C=O) groups is 3. The van der Waals surface area contributed by atoms with Gasteiger partial charge in [-0.1, -0.05) is 48.9 Å². The fourth-order valence-electron chi connectivity index (χ4n) is 5.96. The van der Waals surface area contributed by atoms with E-state index in [2.05, 4.69) is 12.2 Å². The lowest BCUT2D eigenvalue weighted by Crippen LogP contribution is -2.53. The first-order valence-corrected chi connectivity index (χ1v) is 11.3. The molecule has 2 fully saturated rings. The number of benzene rings is 2. The van der Waals surface area contributed by atoms with Gasteiger partial charge in [-0.05, 0) is 61.6 Å². The first-order valence-electron chi connectivity index (χ1n) is 11.3. The molecule has 0 unspecified atom stereocenters. The molecule has 2 saturated carbocycles. The zero-order valence-corrected chi connectivity index (χ0v) is 17.8. The van der Waals surface area contributed by atoms with E-state index in [9.17, 15) is 14.4 Å². The van der Waals surface area contributed by atoms with Crippen LogP contribution in [0.15, 0.2) is 54.6 Å². The molecule has 1 heterocycles. The van der Waals surface area contributed by atoms with Crippen molar-refractivity contribution >= 4 is 17.7 Å². The Bertz CT molecular complexity index is 983. The molecule has 5 nitrogen and oxygen atoms in total. The SMILES string of the molecule is C[C@H](NC(=O)[C@@H](Cc1ccccc1)N1C(=O)c2ccccc2C1=O)[C@H]1C[C@H]2CC[C@H]1C2. The van der Waals surface area contributed by atoms with E-state index in [1.807, 2.05) is 30.3 Å². The van der Waals surface area contributed by atoms with Crippen LogP contribution in [-0.4, -0.2) is 34.7 Å². The zero-order chi connectivity index (χ0) is 21.5. The number of rotatable bonds is 6. The number of amides is 3. The fraction of sp³-hybridized carbons (Fsp3) is 0.423. The molecule has 2 aromatic carbocycles. The minimum Gasteiger partial charge on any atom is -0.352 e. The third-order valence-electron chi connectivity index (χ3n) is 7.52. The molecule has 5 rings (SSSR count). The van der Waals surface area contributed by atoms with Gasteiger partial charge < -0.3 is 5.32 Å². The van der Waals surface area contributed by atoms with Gasteiger partial charge in [-0.3, -0.25) is 19.3 Å². The average molecular weight is 417 g/mol. The smallest absolute Gasteiger partial charge is 0.262 e. The maximum atomic E-state index is 13.5. The molecule has 2 aliphatic carbocycles. The number of imide groups is 1. The van der Waals surface area contributed by atoms with Gasteiger partial charge in [-0.25, -0.2) is 0 Å². The number of fused-ring (bicyclic) bond motifs is 3. The Hall–Kier alpha value is -2.95. The summed E-state index contributed by atoms with van der Waals surface area (Å²) in [7, 11) is 0. The highest BCUT2D eigenvalue weighted by molar-refractivity contribution is 6.22. The van der Waals surface area contributed by atoms with Crippen molar-refractivity contribution in [3.63, 3.8) is 0 Å². The summed E-state index contributed by atoms with van der Waals surface area (Å²) < 4.78 is 0. The third-order valence-corrected chi connectivity index (χ3v) is 7.52. The first-order chi connectivity index (χ1) is 15.0. The maximum absolute atomic E-state index is 13.5. The van der Waals surface area contributed by atoms with Gasteiger partial charge >= 0.3 is 0 Å². The number of hydrogen-bond acceptors (Lipinski definition) is 3. The molecule has 160 valence electrons. The molecule has 0 spiro atoms. The van der Waals surface area contributed by atoms with E-state index in [1.165, 1.54) is 30.6 Å². The monoisotopic (exact) mass is 416 g/mol. The lowest BCUT2D eigenvalue weighted by Gasteiger charge is -2.32. The summed E-state index contributed by atoms with van der Waals surface area (Å²) in [4.78, 5) is 40.9. The minimum atomic E-state index is -0.865. The highest BCUT2D eigenvalue weighted by atomic mass is 16.2. The van der Waals surface area contributed by atoms with Crippen molar-refractivity contribution in [1.29, 1.82) is 0 Å². The molecule has 0 aromatic heterocycles. The van der Waals surface area contributed by atoms with Gasteiger partial charge in [0.25, 0.3) is 11.8 Å². The van der Waals surface area contributed by atoms with E-state index in [1.54, 1.807) is 24.3 Å². The number of carbonyl (C=O) groups excluding carboxylic acids is 3. The van der Waals surface area contributed by atoms with Crippen molar-refractivity contribution < 1.29 is 14.4 Å². The number of hydrogen-bond donors (Lipinski definition) is 1. The van der Waals surface area contributed by atoms with Crippen LogP contribution in [-0.2, 0) is 11.2 Å². The topological polar surface area (TPSA) is 66.5 Å². The third kappa shape index (κ3) is 3.56. The molecule has 2 bridgehead atoms. The highest BCUT2D eigenvalue weighted by Gasteiger charge is 2.45. The summed E-state index contributed by atoms with van der Waals surface area (Å²) in [5.41, 5.74) is 1.67. The summed E-state index contributed by atoms with van der Waals surface area (Å²) in [6.07, 6.45) is 5.32. The molecular weight excluding hydrogens is 388 g/mol. The van der Waals surface area contributed by atoms with Crippen LogP contribution in [0.2, 0.25) is 0 Å². The summed E-state index contributed by atoms with van der Waals surface area (Å²) in [5.74, 6) is 0.960. The lowest BCUT2D eigenvalue weighted by molar-refractivity contribution is -0.126. The molecule has 0 saturated heterocycles. The van der Waals surface area contributed by atoms with Crippen LogP contribution in [0.3, 0.4) is 0 Å². The maximum Gasteiger partial charge on any atom is 0.262 e. The van der Waals surface area contributed by atoms with Crippen molar-refractivity contribution in [2.24, 2.45) is 17.8 Å². The molecule has 5 heteroatoms. The van der Waals surface area contributed by atoms with Gasteiger partial charge in [0.2, 0.25) is 5.91 Å². The summed E-state index contributed by atoms with van der Waals surface area (Å²) >= 11 is 0. The van der Waals surface area contributed by atoms with Gasteiger partial charge in [0.15, 0.2) is 0 Å². The number of nitrogens with zero attached hydrogens (tertiary/aromatic N) is 1. The van der Waals surface area contributed by atoms with Crippen LogP contribution in [0, 0.1) is 17.8 Å². The Morgan fingerprint density at radius 1 is 0.968 bits per heavy atom. The Labute approximate surface area is 182 Å². The van der Waals surface area contributed by atoms with Crippen molar-refractivity contribution in [2.45, 2.75) is 51.1 Å². The van der Waals surface area contributed by atoms with Crippen LogP contribution in [0.4, 0.5) is 0 Å². The van der Waals surface area contributed by atoms with E-state index < -0.39 is 6.04 Å². The summed E-state index contributed by atoms with van der Waals surface area (Å²) in [6.45, 7) is 2.07. The Morgan fingerprint density at radius 2 is 1.61 bits per heavy atom. The highest BCUT2D eigenvalue weighted by Crippen LogP contribution is 2.49. The molecular formula is C26H28N2O3. The summed E-state index contributed by atoms with van der Waals surface area (Å²) in [6, 6.07) is 15.6. The van der Waals surface area contributed by atoms with Crippen LogP contribution in [0.25, 0.3) is 0 Å². The van der Waals surface area contributed by atoms with Gasteiger partial charge in [0.1, 0.15) is 6.04 Å². The molecule has 1 N–H and O–H groups in total. The predicted octanol–water partition coefficient (Wildman–Crippen LogP) is 3.83. The fourth-order valence-corrected chi connectivity index (χ4v) is 5.96. The van der Waals surface area contributed by atoms with Gasteiger partial charge in [-0.15, -0.1) is 0 Å².